The molecule has 2 aromatic carbocycles. The Hall–Kier alpha value is -2.80. The van der Waals surface area contributed by atoms with Crippen LogP contribution in [-0.4, -0.2) is 36.8 Å². The Kier molecular flexibility index (Phi) is 6.13. The first-order chi connectivity index (χ1) is 13.1. The number of methoxy groups -OCH3 is 2. The van der Waals surface area contributed by atoms with Crippen molar-refractivity contribution in [2.24, 2.45) is 10.2 Å². The molecule has 1 atom stereocenters. The van der Waals surface area contributed by atoms with Crippen LogP contribution in [0, 0.1) is 6.92 Å². The smallest absolute Gasteiger partial charge is 0.239 e. The predicted octanol–water partition coefficient (Wildman–Crippen LogP) is 3.18. The van der Waals surface area contributed by atoms with Gasteiger partial charge in [0.2, 0.25) is 5.91 Å². The number of benzene rings is 2. The maximum Gasteiger partial charge on any atom is 0.239 e. The average Bonchev–Trinajstić information content (AvgIpc) is 3.01. The molecule has 1 aliphatic rings. The van der Waals surface area contributed by atoms with Crippen LogP contribution < -0.4 is 14.8 Å². The Morgan fingerprint density at radius 2 is 1.96 bits per heavy atom. The van der Waals surface area contributed by atoms with Crippen LogP contribution in [0.2, 0.25) is 0 Å². The fourth-order valence-corrected chi connectivity index (χ4v) is 3.69. The van der Waals surface area contributed by atoms with Gasteiger partial charge in [-0.25, -0.2) is 0 Å². The highest BCUT2D eigenvalue weighted by atomic mass is 32.2. The van der Waals surface area contributed by atoms with Crippen LogP contribution in [0.1, 0.15) is 16.7 Å². The van der Waals surface area contributed by atoms with Gasteiger partial charge in [0.15, 0.2) is 16.7 Å². The summed E-state index contributed by atoms with van der Waals surface area (Å²) in [6.45, 7) is 2.04. The molecule has 0 bridgehead atoms. The molecule has 1 unspecified atom stereocenters. The van der Waals surface area contributed by atoms with E-state index in [0.717, 1.165) is 11.1 Å². The van der Waals surface area contributed by atoms with E-state index >= 15 is 0 Å². The van der Waals surface area contributed by atoms with E-state index in [0.29, 0.717) is 23.1 Å². The molecule has 1 N–H and O–H groups in total. The summed E-state index contributed by atoms with van der Waals surface area (Å²) >= 11 is 1.40. The first kappa shape index (κ1) is 19.0. The van der Waals surface area contributed by atoms with E-state index in [4.69, 9.17) is 9.47 Å². The number of rotatable bonds is 6. The van der Waals surface area contributed by atoms with Gasteiger partial charge >= 0.3 is 0 Å². The molecule has 2 aromatic rings. The zero-order valence-electron chi connectivity index (χ0n) is 15.4. The maximum absolute atomic E-state index is 12.2. The van der Waals surface area contributed by atoms with Crippen molar-refractivity contribution < 1.29 is 14.3 Å². The second kappa shape index (κ2) is 8.73. The number of thioether (sulfide) groups is 1. The topological polar surface area (TPSA) is 72.3 Å². The molecule has 0 aromatic heterocycles. The molecule has 140 valence electrons. The second-order valence-electron chi connectivity index (χ2n) is 6.05. The van der Waals surface area contributed by atoms with Gasteiger partial charge in [-0.3, -0.25) is 4.79 Å². The molecular formula is C20H21N3O3S. The van der Waals surface area contributed by atoms with E-state index < -0.39 is 0 Å². The fourth-order valence-electron chi connectivity index (χ4n) is 2.72. The van der Waals surface area contributed by atoms with Crippen molar-refractivity contribution in [3.05, 3.63) is 59.2 Å². The number of ether oxygens (including phenoxy) is 2. The summed E-state index contributed by atoms with van der Waals surface area (Å²) in [5.74, 6) is 1.23. The number of hydrogen-bond donors (Lipinski definition) is 1. The fraction of sp³-hybridized carbons (Fsp3) is 0.250. The lowest BCUT2D eigenvalue weighted by Crippen LogP contribution is -2.25. The van der Waals surface area contributed by atoms with Gasteiger partial charge in [-0.05, 0) is 42.7 Å². The van der Waals surface area contributed by atoms with Crippen molar-refractivity contribution >= 4 is 29.1 Å². The minimum absolute atomic E-state index is 0.0402. The number of hydrogen-bond acceptors (Lipinski definition) is 6. The number of amides is 1. The maximum atomic E-state index is 12.2. The lowest BCUT2D eigenvalue weighted by atomic mass is 10.1. The normalized spacial score (nSPS) is 18.1. The molecule has 6 nitrogen and oxygen atoms in total. The SMILES string of the molecule is COc1ccc(/C=N/N=C2\NC(=O)C(Cc3cccc(C)c3)S2)cc1OC. The van der Waals surface area contributed by atoms with Gasteiger partial charge in [-0.2, -0.15) is 5.10 Å². The Morgan fingerprint density at radius 3 is 2.70 bits per heavy atom. The summed E-state index contributed by atoms with van der Waals surface area (Å²) in [6.07, 6.45) is 2.27. The molecule has 0 aliphatic carbocycles. The van der Waals surface area contributed by atoms with E-state index in [2.05, 4.69) is 21.6 Å². The van der Waals surface area contributed by atoms with Crippen molar-refractivity contribution in [1.29, 1.82) is 0 Å². The van der Waals surface area contributed by atoms with Crippen LogP contribution in [0.25, 0.3) is 0 Å². The molecule has 1 aliphatic heterocycles. The Morgan fingerprint density at radius 1 is 1.15 bits per heavy atom. The third-order valence-electron chi connectivity index (χ3n) is 4.04. The van der Waals surface area contributed by atoms with Crippen molar-refractivity contribution in [2.75, 3.05) is 14.2 Å². The molecule has 1 saturated heterocycles. The predicted molar refractivity (Wildman–Crippen MR) is 109 cm³/mol. The second-order valence-corrected chi connectivity index (χ2v) is 7.24. The zero-order chi connectivity index (χ0) is 19.2. The molecule has 1 amide bonds. The molecule has 1 heterocycles. The highest BCUT2D eigenvalue weighted by Gasteiger charge is 2.30. The van der Waals surface area contributed by atoms with Crippen LogP contribution >= 0.6 is 11.8 Å². The Balaban J connectivity index is 1.64. The third kappa shape index (κ3) is 4.89. The lowest BCUT2D eigenvalue weighted by molar-refractivity contribution is -0.118. The number of carbonyl (C=O) groups excluding carboxylic acids is 1. The first-order valence-corrected chi connectivity index (χ1v) is 9.33. The van der Waals surface area contributed by atoms with Crippen molar-refractivity contribution in [1.82, 2.24) is 5.32 Å². The number of aryl methyl sites for hydroxylation is 1. The molecular weight excluding hydrogens is 362 g/mol. The summed E-state index contributed by atoms with van der Waals surface area (Å²) in [4.78, 5) is 12.2. The van der Waals surface area contributed by atoms with E-state index in [9.17, 15) is 4.79 Å². The molecule has 0 spiro atoms. The van der Waals surface area contributed by atoms with Gasteiger partial charge in [0.25, 0.3) is 0 Å². The molecule has 27 heavy (non-hydrogen) atoms. The van der Waals surface area contributed by atoms with Gasteiger partial charge < -0.3 is 14.8 Å². The quantitative estimate of drug-likeness (QED) is 0.614. The van der Waals surface area contributed by atoms with Gasteiger partial charge in [0, 0.05) is 0 Å². The lowest BCUT2D eigenvalue weighted by Gasteiger charge is -2.07. The van der Waals surface area contributed by atoms with E-state index in [1.54, 1.807) is 26.5 Å². The van der Waals surface area contributed by atoms with Gasteiger partial charge in [0.1, 0.15) is 0 Å². The minimum Gasteiger partial charge on any atom is -0.493 e. The molecule has 7 heteroatoms. The summed E-state index contributed by atoms with van der Waals surface area (Å²) in [7, 11) is 3.17. The Labute approximate surface area is 162 Å². The average molecular weight is 383 g/mol. The van der Waals surface area contributed by atoms with Crippen LogP contribution in [0.3, 0.4) is 0 Å². The van der Waals surface area contributed by atoms with Gasteiger partial charge in [0.05, 0.1) is 25.7 Å². The third-order valence-corrected chi connectivity index (χ3v) is 5.12. The monoisotopic (exact) mass is 383 g/mol. The largest absolute Gasteiger partial charge is 0.493 e. The molecule has 3 rings (SSSR count). The number of nitrogens with zero attached hydrogens (tertiary/aromatic N) is 2. The van der Waals surface area contributed by atoms with Crippen LogP contribution in [0.15, 0.2) is 52.7 Å². The van der Waals surface area contributed by atoms with Crippen LogP contribution in [-0.2, 0) is 11.2 Å². The highest BCUT2D eigenvalue weighted by molar-refractivity contribution is 8.15. The first-order valence-electron chi connectivity index (χ1n) is 8.45. The minimum atomic E-state index is -0.193. The van der Waals surface area contributed by atoms with Crippen molar-refractivity contribution in [2.45, 2.75) is 18.6 Å². The van der Waals surface area contributed by atoms with Crippen LogP contribution in [0.4, 0.5) is 0 Å². The van der Waals surface area contributed by atoms with Crippen molar-refractivity contribution in [3.8, 4) is 11.5 Å². The van der Waals surface area contributed by atoms with E-state index in [-0.39, 0.29) is 11.2 Å². The number of amidine groups is 1. The Bertz CT molecular complexity index is 896. The summed E-state index contributed by atoms with van der Waals surface area (Å²) in [5.41, 5.74) is 3.14. The number of carbonyl (C=O) groups is 1. The van der Waals surface area contributed by atoms with Crippen LogP contribution in [0.5, 0.6) is 11.5 Å². The van der Waals surface area contributed by atoms with Crippen molar-refractivity contribution in [3.63, 3.8) is 0 Å². The van der Waals surface area contributed by atoms with Gasteiger partial charge in [-0.15, -0.1) is 5.10 Å². The highest BCUT2D eigenvalue weighted by Crippen LogP contribution is 2.27. The zero-order valence-corrected chi connectivity index (χ0v) is 16.2. The van der Waals surface area contributed by atoms with E-state index in [1.807, 2.05) is 37.3 Å². The molecule has 0 saturated carbocycles. The molecule has 1 fully saturated rings. The summed E-state index contributed by atoms with van der Waals surface area (Å²) < 4.78 is 10.5. The summed E-state index contributed by atoms with van der Waals surface area (Å²) in [6, 6.07) is 13.6. The standard InChI is InChI=1S/C20H21N3O3S/c1-13-5-4-6-14(9-13)11-18-19(24)22-20(27-18)23-21-12-15-7-8-16(25-2)17(10-15)26-3/h4-10,12,18H,11H2,1-3H3,(H,22,23,24)/b21-12+. The van der Waals surface area contributed by atoms with Gasteiger partial charge in [-0.1, -0.05) is 41.6 Å². The summed E-state index contributed by atoms with van der Waals surface area (Å²) in [5, 5.41) is 11.3. The molecule has 0 radical (unpaired) electrons. The van der Waals surface area contributed by atoms with E-state index in [1.165, 1.54) is 17.3 Å². The number of nitrogens with one attached hydrogen (secondary N) is 1.